The highest BCUT2D eigenvalue weighted by molar-refractivity contribution is 7.99. The van der Waals surface area contributed by atoms with Crippen molar-refractivity contribution in [1.29, 1.82) is 0 Å². The van der Waals surface area contributed by atoms with E-state index in [9.17, 15) is 4.79 Å². The lowest BCUT2D eigenvalue weighted by Crippen LogP contribution is -2.33. The van der Waals surface area contributed by atoms with Crippen LogP contribution in [-0.4, -0.2) is 35.2 Å². The fourth-order valence-electron chi connectivity index (χ4n) is 0.897. The van der Waals surface area contributed by atoms with E-state index in [2.05, 4.69) is 5.32 Å². The van der Waals surface area contributed by atoms with Gasteiger partial charge < -0.3 is 5.11 Å². The Kier molecular flexibility index (Phi) is 3.02. The van der Waals surface area contributed by atoms with E-state index in [1.807, 2.05) is 0 Å². The first-order valence-corrected chi connectivity index (χ1v) is 4.40. The van der Waals surface area contributed by atoms with E-state index in [4.69, 9.17) is 5.11 Å². The molecule has 0 aromatic heterocycles. The van der Waals surface area contributed by atoms with Crippen molar-refractivity contribution in [3.8, 4) is 0 Å². The van der Waals surface area contributed by atoms with Gasteiger partial charge in [-0.15, -0.1) is 0 Å². The monoisotopic (exact) mass is 160 g/mol. The number of thioether (sulfide) groups is 1. The third kappa shape index (κ3) is 2.58. The summed E-state index contributed by atoms with van der Waals surface area (Å²) in [5.74, 6) is 1.19. The predicted octanol–water partition coefficient (Wildman–Crippen LogP) is 0.181. The first-order valence-electron chi connectivity index (χ1n) is 3.25. The van der Waals surface area contributed by atoms with Crippen LogP contribution in [0.15, 0.2) is 0 Å². The minimum Gasteiger partial charge on any atom is -0.481 e. The lowest BCUT2D eigenvalue weighted by Gasteiger charge is -2.18. The van der Waals surface area contributed by atoms with Crippen molar-refractivity contribution in [3.05, 3.63) is 0 Å². The second-order valence-electron chi connectivity index (χ2n) is 2.23. The normalized spacial score (nSPS) is 26.2. The third-order valence-corrected chi connectivity index (χ3v) is 2.44. The third-order valence-electron chi connectivity index (χ3n) is 1.34. The summed E-state index contributed by atoms with van der Waals surface area (Å²) in [6.45, 7) is 0.822. The second-order valence-corrected chi connectivity index (χ2v) is 3.38. The molecular formula is C6H10NO2S. The standard InChI is InChI=1S/C6H10NO2S/c8-6(9)3-5-4-10-2-1-7-5/h5H,1-4H2,(H,8,9). The van der Waals surface area contributed by atoms with E-state index in [1.165, 1.54) is 0 Å². The zero-order valence-electron chi connectivity index (χ0n) is 5.62. The van der Waals surface area contributed by atoms with E-state index in [-0.39, 0.29) is 12.5 Å². The van der Waals surface area contributed by atoms with Crippen molar-refractivity contribution in [3.63, 3.8) is 0 Å². The molecular weight excluding hydrogens is 150 g/mol. The lowest BCUT2D eigenvalue weighted by atomic mass is 10.2. The van der Waals surface area contributed by atoms with Gasteiger partial charge in [-0.1, -0.05) is 0 Å². The number of carboxylic acid groups (broad SMARTS) is 1. The van der Waals surface area contributed by atoms with E-state index < -0.39 is 5.97 Å². The van der Waals surface area contributed by atoms with Gasteiger partial charge in [0.25, 0.3) is 0 Å². The van der Waals surface area contributed by atoms with Gasteiger partial charge in [0.1, 0.15) is 0 Å². The Morgan fingerprint density at radius 2 is 2.60 bits per heavy atom. The molecule has 1 rings (SSSR count). The average Bonchev–Trinajstić information content (AvgIpc) is 1.88. The lowest BCUT2D eigenvalue weighted by molar-refractivity contribution is -0.137. The average molecular weight is 160 g/mol. The van der Waals surface area contributed by atoms with Crippen LogP contribution in [0.3, 0.4) is 0 Å². The maximum atomic E-state index is 10.2. The minimum absolute atomic E-state index is 0.0660. The van der Waals surface area contributed by atoms with Crippen LogP contribution in [0.25, 0.3) is 0 Å². The van der Waals surface area contributed by atoms with Crippen molar-refractivity contribution < 1.29 is 9.90 Å². The molecule has 0 spiro atoms. The fraction of sp³-hybridized carbons (Fsp3) is 0.833. The maximum Gasteiger partial charge on any atom is 0.305 e. The van der Waals surface area contributed by atoms with E-state index in [0.717, 1.165) is 18.1 Å². The minimum atomic E-state index is -0.740. The van der Waals surface area contributed by atoms with Gasteiger partial charge in [-0.25, -0.2) is 5.32 Å². The quantitative estimate of drug-likeness (QED) is 0.627. The first kappa shape index (κ1) is 7.88. The highest BCUT2D eigenvalue weighted by Gasteiger charge is 2.16. The summed E-state index contributed by atoms with van der Waals surface area (Å²) in [6, 6.07) is 0.0660. The van der Waals surface area contributed by atoms with E-state index in [0.29, 0.717) is 0 Å². The van der Waals surface area contributed by atoms with Crippen molar-refractivity contribution in [2.24, 2.45) is 0 Å². The zero-order chi connectivity index (χ0) is 7.40. The van der Waals surface area contributed by atoms with Gasteiger partial charge >= 0.3 is 5.97 Å². The van der Waals surface area contributed by atoms with Crippen molar-refractivity contribution in [2.45, 2.75) is 12.5 Å². The van der Waals surface area contributed by atoms with Crippen molar-refractivity contribution in [2.75, 3.05) is 18.1 Å². The molecule has 3 nitrogen and oxygen atoms in total. The van der Waals surface area contributed by atoms with Gasteiger partial charge in [-0.3, -0.25) is 4.79 Å². The summed E-state index contributed by atoms with van der Waals surface area (Å²) in [6.07, 6.45) is 0.201. The largest absolute Gasteiger partial charge is 0.481 e. The van der Waals surface area contributed by atoms with Crippen LogP contribution in [0.2, 0.25) is 0 Å². The van der Waals surface area contributed by atoms with Crippen LogP contribution in [0.5, 0.6) is 0 Å². The summed E-state index contributed by atoms with van der Waals surface area (Å²) in [7, 11) is 0. The Hall–Kier alpha value is -0.220. The Labute approximate surface area is 64.2 Å². The van der Waals surface area contributed by atoms with Crippen molar-refractivity contribution >= 4 is 17.7 Å². The van der Waals surface area contributed by atoms with Gasteiger partial charge in [0.2, 0.25) is 0 Å². The molecule has 57 valence electrons. The number of aliphatic carboxylic acids is 1. The van der Waals surface area contributed by atoms with Crippen LogP contribution in [0, 0.1) is 0 Å². The Morgan fingerprint density at radius 3 is 3.10 bits per heavy atom. The Bertz CT molecular complexity index is 123. The zero-order valence-corrected chi connectivity index (χ0v) is 6.43. The van der Waals surface area contributed by atoms with Crippen molar-refractivity contribution in [1.82, 2.24) is 5.32 Å². The predicted molar refractivity (Wildman–Crippen MR) is 40.4 cm³/mol. The number of carbonyl (C=O) groups is 1. The smallest absolute Gasteiger partial charge is 0.305 e. The van der Waals surface area contributed by atoms with Crippen LogP contribution < -0.4 is 5.32 Å². The van der Waals surface area contributed by atoms with Gasteiger partial charge in [-0.05, 0) is 0 Å². The number of nitrogens with zero attached hydrogens (tertiary/aromatic N) is 1. The molecule has 1 radical (unpaired) electrons. The number of carboxylic acids is 1. The van der Waals surface area contributed by atoms with Crippen LogP contribution >= 0.6 is 11.8 Å². The molecule has 0 aromatic rings. The fourth-order valence-corrected chi connectivity index (χ4v) is 1.79. The molecule has 0 aromatic carbocycles. The second kappa shape index (κ2) is 3.83. The van der Waals surface area contributed by atoms with Crippen LogP contribution in [-0.2, 0) is 4.79 Å². The maximum absolute atomic E-state index is 10.2. The molecule has 1 atom stereocenters. The van der Waals surface area contributed by atoms with E-state index >= 15 is 0 Å². The molecule has 10 heavy (non-hydrogen) atoms. The van der Waals surface area contributed by atoms with E-state index in [1.54, 1.807) is 11.8 Å². The van der Waals surface area contributed by atoms with Gasteiger partial charge in [0, 0.05) is 24.1 Å². The highest BCUT2D eigenvalue weighted by Crippen LogP contribution is 2.10. The number of rotatable bonds is 2. The summed E-state index contributed by atoms with van der Waals surface area (Å²) < 4.78 is 0. The molecule has 0 aliphatic carbocycles. The molecule has 1 saturated heterocycles. The van der Waals surface area contributed by atoms with Gasteiger partial charge in [-0.2, -0.15) is 11.8 Å². The molecule has 0 amide bonds. The number of hydrogen-bond donors (Lipinski definition) is 1. The van der Waals surface area contributed by atoms with Crippen LogP contribution in [0.4, 0.5) is 0 Å². The summed E-state index contributed by atoms with van der Waals surface area (Å²) in [4.78, 5) is 10.2. The van der Waals surface area contributed by atoms with Gasteiger partial charge in [0.15, 0.2) is 0 Å². The Balaban J connectivity index is 2.19. The molecule has 1 aliphatic heterocycles. The molecule has 0 bridgehead atoms. The number of hydrogen-bond acceptors (Lipinski definition) is 2. The topological polar surface area (TPSA) is 51.4 Å². The summed E-state index contributed by atoms with van der Waals surface area (Å²) in [5.41, 5.74) is 0. The SMILES string of the molecule is O=C(O)CC1CSCC[N]1. The molecule has 1 fully saturated rings. The summed E-state index contributed by atoms with van der Waals surface area (Å²) in [5, 5.41) is 12.6. The molecule has 0 saturated carbocycles. The van der Waals surface area contributed by atoms with Gasteiger partial charge in [0.05, 0.1) is 6.42 Å². The molecule has 1 N–H and O–H groups in total. The molecule has 4 heteroatoms. The highest BCUT2D eigenvalue weighted by atomic mass is 32.2. The van der Waals surface area contributed by atoms with Crippen LogP contribution in [0.1, 0.15) is 6.42 Å². The summed E-state index contributed by atoms with van der Waals surface area (Å²) >= 11 is 1.79. The molecule has 1 heterocycles. The first-order chi connectivity index (χ1) is 4.79. The molecule has 1 unspecified atom stereocenters. The Morgan fingerprint density at radius 1 is 1.80 bits per heavy atom. The molecule has 1 aliphatic rings.